The van der Waals surface area contributed by atoms with E-state index in [0.29, 0.717) is 6.54 Å². The van der Waals surface area contributed by atoms with Crippen molar-refractivity contribution in [3.8, 4) is 0 Å². The van der Waals surface area contributed by atoms with E-state index in [4.69, 9.17) is 11.6 Å². The number of nitrogens with zero attached hydrogens (tertiary/aromatic N) is 1. The molecule has 4 rings (SSSR count). The summed E-state index contributed by atoms with van der Waals surface area (Å²) in [6, 6.07) is 20.3. The maximum Gasteiger partial charge on any atom is 0.254 e. The van der Waals surface area contributed by atoms with Crippen molar-refractivity contribution < 1.29 is 23.1 Å². The smallest absolute Gasteiger partial charge is 0.254 e. The fraction of sp³-hybridized carbons (Fsp3) is 0.333. The van der Waals surface area contributed by atoms with Gasteiger partial charge in [-0.25, -0.2) is 13.1 Å². The van der Waals surface area contributed by atoms with Gasteiger partial charge in [-0.05, 0) is 62.1 Å². The number of hydrogen-bond acceptors (Lipinski definition) is 6. The van der Waals surface area contributed by atoms with E-state index in [9.17, 15) is 23.1 Å². The van der Waals surface area contributed by atoms with Crippen LogP contribution in [0, 0.1) is 6.92 Å². The molecule has 11 heteroatoms. The molecule has 0 aliphatic carbocycles. The number of amides is 2. The Kier molecular flexibility index (Phi) is 9.81. The van der Waals surface area contributed by atoms with E-state index in [1.165, 1.54) is 34.9 Å². The molecule has 3 aromatic carbocycles. The summed E-state index contributed by atoms with van der Waals surface area (Å²) in [4.78, 5) is 28.5. The van der Waals surface area contributed by atoms with Crippen LogP contribution < -0.4 is 10.0 Å². The Bertz CT molecular complexity index is 1500. The lowest BCUT2D eigenvalue weighted by atomic mass is 9.97. The minimum absolute atomic E-state index is 0.0437. The van der Waals surface area contributed by atoms with Gasteiger partial charge in [-0.2, -0.15) is 0 Å². The lowest BCUT2D eigenvalue weighted by Gasteiger charge is -2.33. The van der Waals surface area contributed by atoms with E-state index >= 15 is 0 Å². The number of sulfonamides is 1. The maximum atomic E-state index is 13.8. The van der Waals surface area contributed by atoms with Crippen molar-refractivity contribution in [2.45, 2.75) is 61.6 Å². The predicted molar refractivity (Wildman–Crippen MR) is 162 cm³/mol. The fourth-order valence-electron chi connectivity index (χ4n) is 4.83. The standard InChI is InChI=1S/C30H34ClN3O5S2/c1-20-10-7-8-13-22(20)18-32-28(36)27-30(2,3)40-19-34(27)29(37)26(35)25(16-21-11-5-4-6-12-21)33-41(38,39)24-15-9-14-23(31)17-24/h4-15,17,25-27,33,35H,16,18-19H2,1-3H3,(H,32,36)/t25-,26-,27+/m0/s1. The molecule has 0 aromatic heterocycles. The Morgan fingerprint density at radius 3 is 2.44 bits per heavy atom. The van der Waals surface area contributed by atoms with Crippen LogP contribution in [0.4, 0.5) is 0 Å². The SMILES string of the molecule is Cc1ccccc1CNC(=O)[C@H]1N(C(=O)[C@@H](O)[C@H](Cc2ccccc2)NS(=O)(=O)c2cccc(Cl)c2)CSC1(C)C. The molecular formula is C30H34ClN3O5S2. The highest BCUT2D eigenvalue weighted by Gasteiger charge is 2.50. The Morgan fingerprint density at radius 2 is 1.76 bits per heavy atom. The van der Waals surface area contributed by atoms with Crippen molar-refractivity contribution >= 4 is 45.2 Å². The molecule has 0 unspecified atom stereocenters. The highest BCUT2D eigenvalue weighted by molar-refractivity contribution is 8.00. The highest BCUT2D eigenvalue weighted by atomic mass is 35.5. The van der Waals surface area contributed by atoms with Gasteiger partial charge in [0.05, 0.1) is 16.8 Å². The van der Waals surface area contributed by atoms with Crippen LogP contribution in [0.3, 0.4) is 0 Å². The quantitative estimate of drug-likeness (QED) is 0.319. The minimum Gasteiger partial charge on any atom is -0.382 e. The van der Waals surface area contributed by atoms with Gasteiger partial charge >= 0.3 is 0 Å². The van der Waals surface area contributed by atoms with Crippen molar-refractivity contribution in [1.29, 1.82) is 0 Å². The third kappa shape index (κ3) is 7.50. The number of hydrogen-bond donors (Lipinski definition) is 3. The van der Waals surface area contributed by atoms with Gasteiger partial charge < -0.3 is 15.3 Å². The molecule has 41 heavy (non-hydrogen) atoms. The normalized spacial score (nSPS) is 18.1. The maximum absolute atomic E-state index is 13.8. The van der Waals surface area contributed by atoms with Crippen LogP contribution in [0.2, 0.25) is 5.02 Å². The van der Waals surface area contributed by atoms with E-state index in [2.05, 4.69) is 10.0 Å². The number of nitrogens with one attached hydrogen (secondary N) is 2. The molecule has 218 valence electrons. The number of aryl methyl sites for hydroxylation is 1. The third-order valence-electron chi connectivity index (χ3n) is 7.14. The van der Waals surface area contributed by atoms with Crippen LogP contribution in [-0.4, -0.2) is 59.1 Å². The van der Waals surface area contributed by atoms with Gasteiger partial charge in [0, 0.05) is 16.3 Å². The zero-order valence-electron chi connectivity index (χ0n) is 23.1. The topological polar surface area (TPSA) is 116 Å². The number of aliphatic hydroxyl groups excluding tert-OH is 1. The number of rotatable bonds is 10. The second kappa shape index (κ2) is 13.0. The molecule has 1 heterocycles. The van der Waals surface area contributed by atoms with Gasteiger partial charge in [-0.15, -0.1) is 11.8 Å². The zero-order chi connectivity index (χ0) is 29.8. The van der Waals surface area contributed by atoms with E-state index < -0.39 is 38.9 Å². The Labute approximate surface area is 250 Å². The number of carbonyl (C=O) groups is 2. The largest absolute Gasteiger partial charge is 0.382 e. The first kappa shape index (κ1) is 31.1. The van der Waals surface area contributed by atoms with Gasteiger partial charge in [-0.3, -0.25) is 9.59 Å². The summed E-state index contributed by atoms with van der Waals surface area (Å²) in [6.45, 7) is 6.00. The first-order valence-corrected chi connectivity index (χ1v) is 16.0. The van der Waals surface area contributed by atoms with Crippen molar-refractivity contribution in [2.24, 2.45) is 0 Å². The number of halogens is 1. The molecule has 1 aliphatic rings. The Morgan fingerprint density at radius 1 is 1.07 bits per heavy atom. The molecule has 0 saturated carbocycles. The Balaban J connectivity index is 1.58. The molecule has 8 nitrogen and oxygen atoms in total. The Hall–Kier alpha value is -2.89. The molecule has 1 fully saturated rings. The number of benzene rings is 3. The van der Waals surface area contributed by atoms with E-state index in [-0.39, 0.29) is 28.1 Å². The summed E-state index contributed by atoms with van der Waals surface area (Å²) in [7, 11) is -4.15. The summed E-state index contributed by atoms with van der Waals surface area (Å²) in [5, 5.41) is 14.6. The molecule has 1 saturated heterocycles. The molecule has 3 N–H and O–H groups in total. The molecule has 0 bridgehead atoms. The van der Waals surface area contributed by atoms with Crippen molar-refractivity contribution in [3.05, 3.63) is 101 Å². The van der Waals surface area contributed by atoms with Crippen LogP contribution in [0.15, 0.2) is 83.8 Å². The second-order valence-corrected chi connectivity index (χ2v) is 14.3. The molecule has 3 atom stereocenters. The minimum atomic E-state index is -4.15. The van der Waals surface area contributed by atoms with Crippen molar-refractivity contribution in [3.63, 3.8) is 0 Å². The van der Waals surface area contributed by atoms with Crippen LogP contribution in [-0.2, 0) is 32.6 Å². The fourth-order valence-corrected chi connectivity index (χ4v) is 7.51. The van der Waals surface area contributed by atoms with Gasteiger partial charge in [-0.1, -0.05) is 72.3 Å². The van der Waals surface area contributed by atoms with E-state index in [0.717, 1.165) is 16.7 Å². The highest BCUT2D eigenvalue weighted by Crippen LogP contribution is 2.40. The number of carbonyl (C=O) groups excluding carboxylic acids is 2. The van der Waals surface area contributed by atoms with Gasteiger partial charge in [0.25, 0.3) is 5.91 Å². The summed E-state index contributed by atoms with van der Waals surface area (Å²) in [5.41, 5.74) is 2.72. The van der Waals surface area contributed by atoms with Gasteiger partial charge in [0.1, 0.15) is 12.1 Å². The summed E-state index contributed by atoms with van der Waals surface area (Å²) >= 11 is 7.44. The zero-order valence-corrected chi connectivity index (χ0v) is 25.5. The predicted octanol–water partition coefficient (Wildman–Crippen LogP) is 3.90. The van der Waals surface area contributed by atoms with Gasteiger partial charge in [0.15, 0.2) is 0 Å². The average molecular weight is 616 g/mol. The lowest BCUT2D eigenvalue weighted by Crippen LogP contribution is -2.58. The van der Waals surface area contributed by atoms with Crippen LogP contribution in [0.25, 0.3) is 0 Å². The lowest BCUT2D eigenvalue weighted by molar-refractivity contribution is -0.147. The molecule has 1 aliphatic heterocycles. The average Bonchev–Trinajstić information content (AvgIpc) is 3.26. The van der Waals surface area contributed by atoms with E-state index in [1.54, 1.807) is 30.3 Å². The van der Waals surface area contributed by atoms with Crippen molar-refractivity contribution in [1.82, 2.24) is 14.9 Å². The summed E-state index contributed by atoms with van der Waals surface area (Å²) in [5.74, 6) is -0.901. The van der Waals surface area contributed by atoms with Crippen LogP contribution >= 0.6 is 23.4 Å². The molecule has 0 radical (unpaired) electrons. The third-order valence-corrected chi connectivity index (χ3v) is 10.2. The first-order valence-electron chi connectivity index (χ1n) is 13.2. The molecule has 3 aromatic rings. The summed E-state index contributed by atoms with van der Waals surface area (Å²) in [6.07, 6.45) is -1.72. The summed E-state index contributed by atoms with van der Waals surface area (Å²) < 4.78 is 28.4. The first-order chi connectivity index (χ1) is 19.4. The van der Waals surface area contributed by atoms with Gasteiger partial charge in [0.2, 0.25) is 15.9 Å². The molecular weight excluding hydrogens is 582 g/mol. The number of thioether (sulfide) groups is 1. The van der Waals surface area contributed by atoms with Crippen molar-refractivity contribution in [2.75, 3.05) is 5.88 Å². The van der Waals surface area contributed by atoms with Crippen LogP contribution in [0.5, 0.6) is 0 Å². The van der Waals surface area contributed by atoms with E-state index in [1.807, 2.05) is 51.1 Å². The number of aliphatic hydroxyl groups is 1. The second-order valence-electron chi connectivity index (χ2n) is 10.6. The van der Waals surface area contributed by atoms with Crippen LogP contribution in [0.1, 0.15) is 30.5 Å². The molecule has 2 amide bonds. The monoisotopic (exact) mass is 615 g/mol. The molecule has 0 spiro atoms.